The number of carbonyl (C=O) groups is 4. The van der Waals surface area contributed by atoms with Crippen LogP contribution in [0.25, 0.3) is 0 Å². The summed E-state index contributed by atoms with van der Waals surface area (Å²) in [6.07, 6.45) is 2.24. The highest BCUT2D eigenvalue weighted by Crippen LogP contribution is 2.48. The SMILES string of the molecule is O=C(CCCC(=O)N1C[C@@H](P(c2ccccc2)c2ccccc2)C[C@@H]1CP(c1ccccc1)c1ccccc1)ON1C(=O)CCC1=O. The zero-order valence-corrected chi connectivity index (χ0v) is 28.0. The Morgan fingerprint density at radius 2 is 1.13 bits per heavy atom. The maximum absolute atomic E-state index is 14.1. The summed E-state index contributed by atoms with van der Waals surface area (Å²) in [6.45, 7) is 0.646. The van der Waals surface area contributed by atoms with Gasteiger partial charge in [-0.15, -0.1) is 5.06 Å². The van der Waals surface area contributed by atoms with Crippen LogP contribution in [0.5, 0.6) is 0 Å². The first-order valence-corrected chi connectivity index (χ1v) is 19.0. The van der Waals surface area contributed by atoms with Crippen molar-refractivity contribution >= 4 is 60.8 Å². The number of carbonyl (C=O) groups excluding carboxylic acids is 4. The van der Waals surface area contributed by atoms with Crippen molar-refractivity contribution in [2.75, 3.05) is 12.7 Å². The average Bonchev–Trinajstić information content (AvgIpc) is 3.67. The molecule has 2 aliphatic rings. The largest absolute Gasteiger partial charge is 0.339 e. The number of benzene rings is 4. The van der Waals surface area contributed by atoms with Gasteiger partial charge in [0.25, 0.3) is 11.8 Å². The van der Waals surface area contributed by atoms with Crippen LogP contribution in [0.3, 0.4) is 0 Å². The minimum Gasteiger partial charge on any atom is -0.339 e. The van der Waals surface area contributed by atoms with Crippen LogP contribution in [0.15, 0.2) is 121 Å². The first-order chi connectivity index (χ1) is 23.0. The summed E-state index contributed by atoms with van der Waals surface area (Å²) in [5.74, 6) is -1.67. The molecule has 6 rings (SSSR count). The van der Waals surface area contributed by atoms with E-state index in [1.54, 1.807) is 0 Å². The van der Waals surface area contributed by atoms with E-state index in [1.165, 1.54) is 21.2 Å². The predicted molar refractivity (Wildman–Crippen MR) is 188 cm³/mol. The molecule has 7 nitrogen and oxygen atoms in total. The minimum atomic E-state index is -0.734. The van der Waals surface area contributed by atoms with Crippen molar-refractivity contribution in [2.45, 2.75) is 50.2 Å². The molecule has 240 valence electrons. The molecule has 2 fully saturated rings. The van der Waals surface area contributed by atoms with E-state index < -0.39 is 33.6 Å². The fraction of sp³-hybridized carbons (Fsp3) is 0.263. The molecule has 0 unspecified atom stereocenters. The smallest absolute Gasteiger partial charge is 0.333 e. The molecule has 0 radical (unpaired) electrons. The molecule has 47 heavy (non-hydrogen) atoms. The summed E-state index contributed by atoms with van der Waals surface area (Å²) in [7, 11) is -1.46. The van der Waals surface area contributed by atoms with E-state index in [4.69, 9.17) is 4.84 Å². The van der Waals surface area contributed by atoms with Gasteiger partial charge in [0.05, 0.1) is 0 Å². The molecule has 0 aliphatic carbocycles. The Morgan fingerprint density at radius 1 is 0.660 bits per heavy atom. The Kier molecular flexibility index (Phi) is 10.9. The molecule has 3 amide bonds. The number of nitrogens with zero attached hydrogens (tertiary/aromatic N) is 2. The monoisotopic (exact) mass is 664 g/mol. The molecule has 0 N–H and O–H groups in total. The molecule has 2 heterocycles. The lowest BCUT2D eigenvalue weighted by molar-refractivity contribution is -0.197. The van der Waals surface area contributed by atoms with Gasteiger partial charge >= 0.3 is 5.97 Å². The molecular formula is C38H38N2O5P2. The molecule has 9 heteroatoms. The van der Waals surface area contributed by atoms with Gasteiger partial charge in [0, 0.05) is 43.9 Å². The van der Waals surface area contributed by atoms with Gasteiger partial charge in [-0.05, 0) is 56.1 Å². The van der Waals surface area contributed by atoms with E-state index in [2.05, 4.69) is 102 Å². The lowest BCUT2D eigenvalue weighted by Crippen LogP contribution is -2.39. The zero-order chi connectivity index (χ0) is 32.6. The fourth-order valence-electron chi connectivity index (χ4n) is 6.42. The third kappa shape index (κ3) is 8.04. The van der Waals surface area contributed by atoms with Gasteiger partial charge in [0.1, 0.15) is 0 Å². The molecule has 2 atom stereocenters. The van der Waals surface area contributed by atoms with Crippen molar-refractivity contribution in [3.8, 4) is 0 Å². The van der Waals surface area contributed by atoms with Crippen molar-refractivity contribution in [1.29, 1.82) is 0 Å². The maximum atomic E-state index is 14.1. The van der Waals surface area contributed by atoms with Crippen LogP contribution in [0.2, 0.25) is 0 Å². The van der Waals surface area contributed by atoms with Crippen molar-refractivity contribution in [1.82, 2.24) is 9.96 Å². The van der Waals surface area contributed by atoms with E-state index >= 15 is 0 Å². The molecular weight excluding hydrogens is 626 g/mol. The lowest BCUT2D eigenvalue weighted by Gasteiger charge is -2.29. The minimum absolute atomic E-state index is 0.0192. The number of hydrogen-bond acceptors (Lipinski definition) is 5. The number of hydroxylamine groups is 2. The fourth-order valence-corrected chi connectivity index (χ4v) is 11.9. The van der Waals surface area contributed by atoms with Crippen LogP contribution < -0.4 is 21.2 Å². The van der Waals surface area contributed by atoms with Crippen molar-refractivity contribution in [2.24, 2.45) is 0 Å². The summed E-state index contributed by atoms with van der Waals surface area (Å²) < 4.78 is 0. The molecule has 2 saturated heterocycles. The highest BCUT2D eigenvalue weighted by atomic mass is 31.1. The van der Waals surface area contributed by atoms with Crippen LogP contribution >= 0.6 is 15.8 Å². The quantitative estimate of drug-likeness (QED) is 0.157. The molecule has 2 aliphatic heterocycles. The highest BCUT2D eigenvalue weighted by molar-refractivity contribution is 7.74. The number of rotatable bonds is 12. The van der Waals surface area contributed by atoms with E-state index in [0.717, 1.165) is 12.6 Å². The summed E-state index contributed by atoms with van der Waals surface area (Å²) in [4.78, 5) is 57.4. The van der Waals surface area contributed by atoms with Gasteiger partial charge in [0.15, 0.2) is 0 Å². The van der Waals surface area contributed by atoms with E-state index in [1.807, 2.05) is 24.3 Å². The van der Waals surface area contributed by atoms with Crippen LogP contribution in [0.1, 0.15) is 38.5 Å². The number of likely N-dealkylation sites (tertiary alicyclic amines) is 1. The molecule has 0 aromatic heterocycles. The summed E-state index contributed by atoms with van der Waals surface area (Å²) in [5, 5.41) is 5.73. The summed E-state index contributed by atoms with van der Waals surface area (Å²) >= 11 is 0. The standard InChI is InChI=1S/C38H38N2O5P2/c41-35(22-13-23-38(44)45-40-36(42)24-25-37(40)43)39-27-34(47(32-18-9-3-10-19-32)33-20-11-4-12-21-33)26-29(39)28-46(30-14-5-1-6-15-30)31-16-7-2-8-17-31/h1-12,14-21,29,34H,13,22-28H2/t29-,34+/m1/s1. The molecule has 4 aromatic rings. The van der Waals surface area contributed by atoms with Crippen molar-refractivity contribution in [3.05, 3.63) is 121 Å². The highest BCUT2D eigenvalue weighted by Gasteiger charge is 2.41. The first kappa shape index (κ1) is 32.7. The maximum Gasteiger partial charge on any atom is 0.333 e. The normalized spacial score (nSPS) is 17.9. The molecule has 0 saturated carbocycles. The Labute approximate surface area is 278 Å². The molecule has 0 bridgehead atoms. The van der Waals surface area contributed by atoms with Gasteiger partial charge < -0.3 is 9.74 Å². The second-order valence-corrected chi connectivity index (χ2v) is 16.6. The molecule has 4 aromatic carbocycles. The Hall–Kier alpha value is -4.18. The summed E-state index contributed by atoms with van der Waals surface area (Å²) in [6, 6.07) is 42.5. The predicted octanol–water partition coefficient (Wildman–Crippen LogP) is 5.00. The summed E-state index contributed by atoms with van der Waals surface area (Å²) in [5.41, 5.74) is 0.268. The zero-order valence-electron chi connectivity index (χ0n) is 26.2. The van der Waals surface area contributed by atoms with Crippen LogP contribution in [0, 0.1) is 0 Å². The van der Waals surface area contributed by atoms with E-state index in [0.29, 0.717) is 11.6 Å². The first-order valence-electron chi connectivity index (χ1n) is 16.1. The Bertz CT molecular complexity index is 1580. The number of hydrogen-bond donors (Lipinski definition) is 0. The van der Waals surface area contributed by atoms with Crippen LogP contribution in [-0.4, -0.2) is 58.1 Å². The Balaban J connectivity index is 1.24. The van der Waals surface area contributed by atoms with Crippen molar-refractivity contribution in [3.63, 3.8) is 0 Å². The number of amides is 3. The Morgan fingerprint density at radius 3 is 1.62 bits per heavy atom. The second-order valence-electron chi connectivity index (χ2n) is 11.8. The average molecular weight is 665 g/mol. The van der Waals surface area contributed by atoms with Crippen LogP contribution in [-0.2, 0) is 24.0 Å². The number of imide groups is 1. The van der Waals surface area contributed by atoms with E-state index in [9.17, 15) is 19.2 Å². The third-order valence-corrected chi connectivity index (χ3v) is 14.1. The third-order valence-electron chi connectivity index (χ3n) is 8.65. The van der Waals surface area contributed by atoms with Gasteiger partial charge in [-0.25, -0.2) is 4.79 Å². The van der Waals surface area contributed by atoms with Gasteiger partial charge in [0.2, 0.25) is 5.91 Å². The lowest BCUT2D eigenvalue weighted by atomic mass is 10.2. The topological polar surface area (TPSA) is 84.0 Å². The van der Waals surface area contributed by atoms with Gasteiger partial charge in [-0.2, -0.15) is 0 Å². The molecule has 0 spiro atoms. The van der Waals surface area contributed by atoms with E-state index in [-0.39, 0.29) is 49.7 Å². The second kappa shape index (κ2) is 15.6. The van der Waals surface area contributed by atoms with Crippen molar-refractivity contribution < 1.29 is 24.0 Å². The van der Waals surface area contributed by atoms with Crippen LogP contribution in [0.4, 0.5) is 0 Å². The van der Waals surface area contributed by atoms with Gasteiger partial charge in [-0.3, -0.25) is 14.4 Å². The van der Waals surface area contributed by atoms with Gasteiger partial charge in [-0.1, -0.05) is 121 Å².